The number of aromatic nitrogens is 2. The van der Waals surface area contributed by atoms with Crippen LogP contribution < -0.4 is 4.74 Å². The number of benzene rings is 2. The van der Waals surface area contributed by atoms with Crippen LogP contribution in [0.4, 0.5) is 0 Å². The van der Waals surface area contributed by atoms with Crippen LogP contribution >= 0.6 is 27.3 Å². The van der Waals surface area contributed by atoms with Gasteiger partial charge in [0.25, 0.3) is 0 Å². The van der Waals surface area contributed by atoms with E-state index in [2.05, 4.69) is 49.9 Å². The van der Waals surface area contributed by atoms with E-state index in [1.54, 1.807) is 18.4 Å². The summed E-state index contributed by atoms with van der Waals surface area (Å²) in [6.07, 6.45) is 0. The molecular weight excluding hydrogens is 396 g/mol. The first-order valence-electron chi connectivity index (χ1n) is 7.78. The number of nitrogens with one attached hydrogen (secondary N) is 1. The van der Waals surface area contributed by atoms with Gasteiger partial charge in [0.05, 0.1) is 24.1 Å². The maximum absolute atomic E-state index is 5.52. The molecule has 2 heterocycles. The number of thiophene rings is 1. The normalized spacial score (nSPS) is 10.8. The van der Waals surface area contributed by atoms with E-state index in [0.717, 1.165) is 44.1 Å². The summed E-state index contributed by atoms with van der Waals surface area (Å²) in [4.78, 5) is 8.40. The molecule has 2 aromatic carbocycles. The second kappa shape index (κ2) is 6.86. The molecule has 0 amide bonds. The molecule has 0 spiro atoms. The highest BCUT2D eigenvalue weighted by atomic mass is 79.9. The molecule has 0 saturated heterocycles. The second-order valence-corrected chi connectivity index (χ2v) is 7.23. The van der Waals surface area contributed by atoms with Crippen LogP contribution in [0.25, 0.3) is 33.9 Å². The lowest BCUT2D eigenvalue weighted by Crippen LogP contribution is -1.89. The van der Waals surface area contributed by atoms with Crippen molar-refractivity contribution in [3.63, 3.8) is 0 Å². The molecule has 0 atom stereocenters. The number of nitrogens with zero attached hydrogens (tertiary/aromatic N) is 1. The third-order valence-electron chi connectivity index (χ3n) is 3.98. The Morgan fingerprint density at radius 3 is 2.60 bits per heavy atom. The third kappa shape index (κ3) is 3.13. The van der Waals surface area contributed by atoms with Crippen molar-refractivity contribution in [2.45, 2.75) is 0 Å². The minimum absolute atomic E-state index is 0.786. The number of hydrogen-bond acceptors (Lipinski definition) is 3. The number of hydrogen-bond donors (Lipinski definition) is 1. The van der Waals surface area contributed by atoms with E-state index in [-0.39, 0.29) is 0 Å². The first-order chi connectivity index (χ1) is 12.3. The van der Waals surface area contributed by atoms with Gasteiger partial charge in [0.1, 0.15) is 11.6 Å². The molecular formula is C20H15BrN2OS. The molecule has 4 aromatic rings. The van der Waals surface area contributed by atoms with Gasteiger partial charge in [0.2, 0.25) is 0 Å². The van der Waals surface area contributed by atoms with Crippen molar-refractivity contribution in [2.75, 3.05) is 7.11 Å². The maximum atomic E-state index is 5.52. The number of methoxy groups -OCH3 is 1. The zero-order valence-electron chi connectivity index (χ0n) is 13.5. The molecule has 1 N–H and O–H groups in total. The third-order valence-corrected chi connectivity index (χ3v) is 5.15. The molecule has 0 radical (unpaired) electrons. The van der Waals surface area contributed by atoms with Crippen molar-refractivity contribution in [1.29, 1.82) is 0 Å². The maximum Gasteiger partial charge on any atom is 0.142 e. The Hall–Kier alpha value is -2.37. The minimum atomic E-state index is 0.786. The van der Waals surface area contributed by atoms with Crippen LogP contribution in [-0.2, 0) is 0 Å². The monoisotopic (exact) mass is 410 g/mol. The highest BCUT2D eigenvalue weighted by molar-refractivity contribution is 9.10. The van der Waals surface area contributed by atoms with Crippen molar-refractivity contribution >= 4 is 27.3 Å². The van der Waals surface area contributed by atoms with Crippen LogP contribution in [0.15, 0.2) is 69.8 Å². The standard InChI is InChI=1S/C20H15BrN2OS/c1-24-17-8-7-15(21)11-16(17)20-22-18(13-5-3-2-4-6-13)19(23-20)14-9-10-25-12-14/h2-12H,1H3,(H,22,23). The predicted molar refractivity (Wildman–Crippen MR) is 107 cm³/mol. The molecule has 3 nitrogen and oxygen atoms in total. The predicted octanol–water partition coefficient (Wildman–Crippen LogP) is 6.24. The fourth-order valence-electron chi connectivity index (χ4n) is 2.79. The molecule has 0 aliphatic rings. The smallest absolute Gasteiger partial charge is 0.142 e. The number of rotatable bonds is 4. The Morgan fingerprint density at radius 2 is 1.88 bits per heavy atom. The van der Waals surface area contributed by atoms with Crippen LogP contribution in [0.1, 0.15) is 0 Å². The quantitative estimate of drug-likeness (QED) is 0.432. The van der Waals surface area contributed by atoms with Gasteiger partial charge in [-0.1, -0.05) is 46.3 Å². The highest BCUT2D eigenvalue weighted by Crippen LogP contribution is 2.37. The number of ether oxygens (including phenoxy) is 1. The number of imidazole rings is 1. The molecule has 0 bridgehead atoms. The van der Waals surface area contributed by atoms with E-state index < -0.39 is 0 Å². The summed E-state index contributed by atoms with van der Waals surface area (Å²) in [5.74, 6) is 1.58. The molecule has 25 heavy (non-hydrogen) atoms. The molecule has 0 unspecified atom stereocenters. The Kier molecular flexibility index (Phi) is 4.42. The first-order valence-corrected chi connectivity index (χ1v) is 9.52. The van der Waals surface area contributed by atoms with E-state index in [1.165, 1.54) is 0 Å². The van der Waals surface area contributed by atoms with Crippen molar-refractivity contribution in [2.24, 2.45) is 0 Å². The van der Waals surface area contributed by atoms with Crippen LogP contribution in [-0.4, -0.2) is 17.1 Å². The van der Waals surface area contributed by atoms with Gasteiger partial charge in [-0.05, 0) is 29.6 Å². The Balaban J connectivity index is 1.93. The van der Waals surface area contributed by atoms with E-state index in [4.69, 9.17) is 9.72 Å². The Labute approximate surface area is 158 Å². The lowest BCUT2D eigenvalue weighted by molar-refractivity contribution is 0.416. The highest BCUT2D eigenvalue weighted by Gasteiger charge is 2.17. The van der Waals surface area contributed by atoms with Crippen molar-refractivity contribution in [3.05, 3.63) is 69.8 Å². The fraction of sp³-hybridized carbons (Fsp3) is 0.0500. The fourth-order valence-corrected chi connectivity index (χ4v) is 3.79. The van der Waals surface area contributed by atoms with Gasteiger partial charge in [-0.15, -0.1) is 0 Å². The van der Waals surface area contributed by atoms with Crippen LogP contribution in [0.2, 0.25) is 0 Å². The van der Waals surface area contributed by atoms with Gasteiger partial charge in [0, 0.05) is 21.0 Å². The zero-order chi connectivity index (χ0) is 17.2. The molecule has 0 aliphatic carbocycles. The van der Waals surface area contributed by atoms with Gasteiger partial charge in [-0.25, -0.2) is 4.98 Å². The van der Waals surface area contributed by atoms with Crippen LogP contribution in [0.3, 0.4) is 0 Å². The number of H-pyrrole nitrogens is 1. The first kappa shape index (κ1) is 16.1. The zero-order valence-corrected chi connectivity index (χ0v) is 15.9. The number of aromatic amines is 1. The molecule has 0 fully saturated rings. The molecule has 0 saturated carbocycles. The summed E-state index contributed by atoms with van der Waals surface area (Å²) in [6, 6.07) is 18.3. The summed E-state index contributed by atoms with van der Waals surface area (Å²) >= 11 is 5.20. The molecule has 0 aliphatic heterocycles. The Morgan fingerprint density at radius 1 is 1.04 bits per heavy atom. The summed E-state index contributed by atoms with van der Waals surface area (Å²) in [5, 5.41) is 4.18. The van der Waals surface area contributed by atoms with Crippen molar-refractivity contribution in [1.82, 2.24) is 9.97 Å². The van der Waals surface area contributed by atoms with E-state index in [1.807, 2.05) is 36.4 Å². The van der Waals surface area contributed by atoms with Gasteiger partial charge < -0.3 is 9.72 Å². The topological polar surface area (TPSA) is 37.9 Å². The van der Waals surface area contributed by atoms with Crippen molar-refractivity contribution < 1.29 is 4.74 Å². The lowest BCUT2D eigenvalue weighted by atomic mass is 10.1. The number of halogens is 1. The van der Waals surface area contributed by atoms with Gasteiger partial charge in [-0.3, -0.25) is 0 Å². The molecule has 2 aromatic heterocycles. The molecule has 5 heteroatoms. The van der Waals surface area contributed by atoms with Crippen LogP contribution in [0.5, 0.6) is 5.75 Å². The summed E-state index contributed by atoms with van der Waals surface area (Å²) < 4.78 is 6.51. The summed E-state index contributed by atoms with van der Waals surface area (Å²) in [5.41, 5.74) is 5.10. The molecule has 4 rings (SSSR count). The van der Waals surface area contributed by atoms with E-state index in [0.29, 0.717) is 0 Å². The molecule has 124 valence electrons. The van der Waals surface area contributed by atoms with Gasteiger partial charge >= 0.3 is 0 Å². The Bertz CT molecular complexity index is 994. The van der Waals surface area contributed by atoms with Crippen LogP contribution in [0, 0.1) is 0 Å². The second-order valence-electron chi connectivity index (χ2n) is 5.53. The van der Waals surface area contributed by atoms with E-state index in [9.17, 15) is 0 Å². The average Bonchev–Trinajstić information content (AvgIpc) is 3.32. The minimum Gasteiger partial charge on any atom is -0.496 e. The largest absolute Gasteiger partial charge is 0.496 e. The lowest BCUT2D eigenvalue weighted by Gasteiger charge is -2.06. The SMILES string of the molecule is COc1ccc(Br)cc1-c1nc(-c2ccsc2)c(-c2ccccc2)[nH]1. The average molecular weight is 411 g/mol. The van der Waals surface area contributed by atoms with Gasteiger partial charge in [-0.2, -0.15) is 11.3 Å². The van der Waals surface area contributed by atoms with Crippen molar-refractivity contribution in [3.8, 4) is 39.7 Å². The van der Waals surface area contributed by atoms with Gasteiger partial charge in [0.15, 0.2) is 0 Å². The summed E-state index contributed by atoms with van der Waals surface area (Å²) in [7, 11) is 1.67. The summed E-state index contributed by atoms with van der Waals surface area (Å²) in [6.45, 7) is 0. The van der Waals surface area contributed by atoms with E-state index >= 15 is 0 Å².